The summed E-state index contributed by atoms with van der Waals surface area (Å²) in [6.07, 6.45) is 3.66. The van der Waals surface area contributed by atoms with Crippen molar-refractivity contribution in [3.8, 4) is 11.5 Å². The van der Waals surface area contributed by atoms with E-state index in [4.69, 9.17) is 9.47 Å². The highest BCUT2D eigenvalue weighted by molar-refractivity contribution is 5.44. The topological polar surface area (TPSA) is 43.4 Å². The lowest BCUT2D eigenvalue weighted by Gasteiger charge is -2.21. The first-order chi connectivity index (χ1) is 9.83. The molecule has 2 heterocycles. The molecule has 1 aliphatic rings. The van der Waals surface area contributed by atoms with Crippen LogP contribution in [0.4, 0.5) is 0 Å². The Hall–Kier alpha value is -2.07. The van der Waals surface area contributed by atoms with E-state index in [2.05, 4.69) is 35.4 Å². The maximum absolute atomic E-state index is 5.61. The largest absolute Gasteiger partial charge is 0.486 e. The summed E-state index contributed by atoms with van der Waals surface area (Å²) in [5.74, 6) is 1.67. The number of hydrogen-bond donors (Lipinski definition) is 1. The third-order valence-corrected chi connectivity index (χ3v) is 3.40. The molecule has 2 aromatic rings. The Kier molecular flexibility index (Phi) is 3.83. The van der Waals surface area contributed by atoms with Gasteiger partial charge >= 0.3 is 0 Å². The predicted molar refractivity (Wildman–Crippen MR) is 76.9 cm³/mol. The molecule has 1 aromatic carbocycles. The molecule has 0 saturated carbocycles. The molecule has 3 rings (SSSR count). The standard InChI is InChI=1S/C16H18N2O2/c1-12(18-11-13-3-2-6-17-10-13)14-4-5-15-16(9-14)20-8-7-19-15/h2-6,9-10,12,18H,7-8,11H2,1H3. The normalized spacial score (nSPS) is 14.8. The highest BCUT2D eigenvalue weighted by atomic mass is 16.6. The van der Waals surface area contributed by atoms with Crippen LogP contribution in [0.3, 0.4) is 0 Å². The van der Waals surface area contributed by atoms with Gasteiger partial charge in [-0.3, -0.25) is 4.98 Å². The third-order valence-electron chi connectivity index (χ3n) is 3.40. The molecule has 1 N–H and O–H groups in total. The fraction of sp³-hybridized carbons (Fsp3) is 0.312. The SMILES string of the molecule is CC(NCc1cccnc1)c1ccc2c(c1)OCCO2. The van der Waals surface area contributed by atoms with E-state index < -0.39 is 0 Å². The molecule has 0 aliphatic carbocycles. The van der Waals surface area contributed by atoms with Gasteiger partial charge in [-0.05, 0) is 36.2 Å². The zero-order valence-corrected chi connectivity index (χ0v) is 11.5. The van der Waals surface area contributed by atoms with Gasteiger partial charge in [-0.25, -0.2) is 0 Å². The summed E-state index contributed by atoms with van der Waals surface area (Å²) in [5.41, 5.74) is 2.37. The average molecular weight is 270 g/mol. The lowest BCUT2D eigenvalue weighted by Crippen LogP contribution is -2.19. The van der Waals surface area contributed by atoms with E-state index in [0.29, 0.717) is 13.2 Å². The monoisotopic (exact) mass is 270 g/mol. The smallest absolute Gasteiger partial charge is 0.161 e. The number of nitrogens with zero attached hydrogens (tertiary/aromatic N) is 1. The van der Waals surface area contributed by atoms with E-state index in [0.717, 1.165) is 18.0 Å². The number of aromatic nitrogens is 1. The van der Waals surface area contributed by atoms with Crippen LogP contribution in [-0.2, 0) is 6.54 Å². The molecule has 0 bridgehead atoms. The van der Waals surface area contributed by atoms with E-state index in [1.807, 2.05) is 18.3 Å². The second-order valence-electron chi connectivity index (χ2n) is 4.87. The quantitative estimate of drug-likeness (QED) is 0.927. The molecule has 0 radical (unpaired) electrons. The first-order valence-electron chi connectivity index (χ1n) is 6.85. The summed E-state index contributed by atoms with van der Waals surface area (Å²) in [6.45, 7) is 4.18. The highest BCUT2D eigenvalue weighted by Crippen LogP contribution is 2.32. The minimum absolute atomic E-state index is 0.242. The Labute approximate surface area is 118 Å². The van der Waals surface area contributed by atoms with E-state index in [-0.39, 0.29) is 6.04 Å². The summed E-state index contributed by atoms with van der Waals surface area (Å²) in [7, 11) is 0. The van der Waals surface area contributed by atoms with Gasteiger partial charge in [0.15, 0.2) is 11.5 Å². The average Bonchev–Trinajstić information content (AvgIpc) is 2.53. The van der Waals surface area contributed by atoms with Crippen molar-refractivity contribution in [2.75, 3.05) is 13.2 Å². The molecule has 0 fully saturated rings. The van der Waals surface area contributed by atoms with E-state index >= 15 is 0 Å². The summed E-state index contributed by atoms with van der Waals surface area (Å²) in [5, 5.41) is 3.49. The summed E-state index contributed by atoms with van der Waals surface area (Å²) < 4.78 is 11.1. The van der Waals surface area contributed by atoms with Crippen molar-refractivity contribution >= 4 is 0 Å². The zero-order valence-electron chi connectivity index (χ0n) is 11.5. The van der Waals surface area contributed by atoms with Crippen LogP contribution in [0.15, 0.2) is 42.7 Å². The molecular formula is C16H18N2O2. The third kappa shape index (κ3) is 2.91. The number of hydrogen-bond acceptors (Lipinski definition) is 4. The van der Waals surface area contributed by atoms with E-state index in [9.17, 15) is 0 Å². The van der Waals surface area contributed by atoms with Crippen molar-refractivity contribution in [2.45, 2.75) is 19.5 Å². The lowest BCUT2D eigenvalue weighted by molar-refractivity contribution is 0.171. The van der Waals surface area contributed by atoms with Crippen molar-refractivity contribution in [2.24, 2.45) is 0 Å². The lowest BCUT2D eigenvalue weighted by atomic mass is 10.1. The van der Waals surface area contributed by atoms with Gasteiger partial charge < -0.3 is 14.8 Å². The molecular weight excluding hydrogens is 252 g/mol. The van der Waals surface area contributed by atoms with Crippen molar-refractivity contribution in [3.63, 3.8) is 0 Å². The molecule has 1 atom stereocenters. The van der Waals surface area contributed by atoms with Gasteiger partial charge in [0.05, 0.1) is 0 Å². The van der Waals surface area contributed by atoms with Crippen LogP contribution < -0.4 is 14.8 Å². The van der Waals surface area contributed by atoms with Gasteiger partial charge in [-0.1, -0.05) is 12.1 Å². The molecule has 0 saturated heterocycles. The number of nitrogens with one attached hydrogen (secondary N) is 1. The number of rotatable bonds is 4. The second kappa shape index (κ2) is 5.92. The van der Waals surface area contributed by atoms with Crippen molar-refractivity contribution in [1.82, 2.24) is 10.3 Å². The van der Waals surface area contributed by atoms with Crippen LogP contribution in [0.1, 0.15) is 24.1 Å². The van der Waals surface area contributed by atoms with Crippen LogP contribution in [0, 0.1) is 0 Å². The van der Waals surface area contributed by atoms with Crippen molar-refractivity contribution in [1.29, 1.82) is 0 Å². The van der Waals surface area contributed by atoms with Crippen molar-refractivity contribution in [3.05, 3.63) is 53.9 Å². The van der Waals surface area contributed by atoms with Gasteiger partial charge in [-0.15, -0.1) is 0 Å². The summed E-state index contributed by atoms with van der Waals surface area (Å²) in [4.78, 5) is 4.12. The van der Waals surface area contributed by atoms with Crippen molar-refractivity contribution < 1.29 is 9.47 Å². The molecule has 104 valence electrons. The Bertz CT molecular complexity index is 572. The Balaban J connectivity index is 1.66. The number of pyridine rings is 1. The van der Waals surface area contributed by atoms with E-state index in [1.54, 1.807) is 6.20 Å². The molecule has 4 heteroatoms. The number of fused-ring (bicyclic) bond motifs is 1. The number of ether oxygens (including phenoxy) is 2. The summed E-state index contributed by atoms with van der Waals surface area (Å²) >= 11 is 0. The van der Waals surface area contributed by atoms with Gasteiger partial charge in [-0.2, -0.15) is 0 Å². The van der Waals surface area contributed by atoms with Gasteiger partial charge in [0.2, 0.25) is 0 Å². The van der Waals surface area contributed by atoms with Crippen LogP contribution in [0.2, 0.25) is 0 Å². The maximum atomic E-state index is 5.61. The molecule has 0 spiro atoms. The fourth-order valence-electron chi connectivity index (χ4n) is 2.22. The molecule has 4 nitrogen and oxygen atoms in total. The highest BCUT2D eigenvalue weighted by Gasteiger charge is 2.14. The fourth-order valence-corrected chi connectivity index (χ4v) is 2.22. The minimum Gasteiger partial charge on any atom is -0.486 e. The van der Waals surface area contributed by atoms with Crippen LogP contribution in [0.5, 0.6) is 11.5 Å². The summed E-state index contributed by atoms with van der Waals surface area (Å²) in [6, 6.07) is 10.4. The molecule has 1 aromatic heterocycles. The number of benzene rings is 1. The Morgan fingerprint density at radius 3 is 2.85 bits per heavy atom. The Morgan fingerprint density at radius 1 is 1.20 bits per heavy atom. The molecule has 20 heavy (non-hydrogen) atoms. The van der Waals surface area contributed by atoms with Gasteiger partial charge in [0.25, 0.3) is 0 Å². The predicted octanol–water partition coefficient (Wildman–Crippen LogP) is 2.70. The minimum atomic E-state index is 0.242. The van der Waals surface area contributed by atoms with Crippen LogP contribution in [0.25, 0.3) is 0 Å². The first-order valence-corrected chi connectivity index (χ1v) is 6.85. The Morgan fingerprint density at radius 2 is 2.05 bits per heavy atom. The van der Waals surface area contributed by atoms with Gasteiger partial charge in [0.1, 0.15) is 13.2 Å². The maximum Gasteiger partial charge on any atom is 0.161 e. The first kappa shape index (κ1) is 12.9. The van der Waals surface area contributed by atoms with Crippen LogP contribution in [-0.4, -0.2) is 18.2 Å². The molecule has 1 unspecified atom stereocenters. The molecule has 0 amide bonds. The molecule has 1 aliphatic heterocycles. The second-order valence-corrected chi connectivity index (χ2v) is 4.87. The van der Waals surface area contributed by atoms with Gasteiger partial charge in [0, 0.05) is 25.0 Å². The zero-order chi connectivity index (χ0) is 13.8. The van der Waals surface area contributed by atoms with Crippen LogP contribution >= 0.6 is 0 Å². The van der Waals surface area contributed by atoms with E-state index in [1.165, 1.54) is 11.1 Å².